The number of urea groups is 1. The first-order chi connectivity index (χ1) is 13.3. The fourth-order valence-electron chi connectivity index (χ4n) is 2.39. The summed E-state index contributed by atoms with van der Waals surface area (Å²) in [5, 5.41) is 4.83. The summed E-state index contributed by atoms with van der Waals surface area (Å²) in [5.74, 6) is -0.392. The van der Waals surface area contributed by atoms with Gasteiger partial charge in [0.1, 0.15) is 5.75 Å². The van der Waals surface area contributed by atoms with Crippen molar-refractivity contribution >= 4 is 17.8 Å². The fraction of sp³-hybridized carbons (Fsp3) is 0.350. The smallest absolute Gasteiger partial charge is 0.321 e. The van der Waals surface area contributed by atoms with Gasteiger partial charge in [0, 0.05) is 23.0 Å². The lowest BCUT2D eigenvalue weighted by molar-refractivity contribution is -0.122. The molecule has 0 saturated carbocycles. The number of nitrogens with zero attached hydrogens (tertiary/aromatic N) is 1. The van der Waals surface area contributed by atoms with E-state index in [1.54, 1.807) is 28.9 Å². The number of ether oxygens (including phenoxy) is 1. The van der Waals surface area contributed by atoms with E-state index in [2.05, 4.69) is 16.1 Å². The normalized spacial score (nSPS) is 11.4. The van der Waals surface area contributed by atoms with Gasteiger partial charge in [-0.15, -0.1) is 0 Å². The van der Waals surface area contributed by atoms with Gasteiger partial charge in [-0.05, 0) is 63.6 Å². The predicted molar refractivity (Wildman–Crippen MR) is 106 cm³/mol. The van der Waals surface area contributed by atoms with Crippen LogP contribution in [-0.4, -0.2) is 35.2 Å². The lowest BCUT2D eigenvalue weighted by Gasteiger charge is -2.13. The highest BCUT2D eigenvalue weighted by molar-refractivity contribution is 6.00. The third kappa shape index (κ3) is 5.87. The molecule has 1 heterocycles. The summed E-state index contributed by atoms with van der Waals surface area (Å²) in [4.78, 5) is 35.7. The highest BCUT2D eigenvalue weighted by atomic mass is 16.5. The second kappa shape index (κ2) is 9.59. The third-order valence-electron chi connectivity index (χ3n) is 4.21. The molecule has 1 aromatic carbocycles. The van der Waals surface area contributed by atoms with Gasteiger partial charge >= 0.3 is 6.03 Å². The van der Waals surface area contributed by atoms with E-state index in [1.165, 1.54) is 0 Å². The number of nitrogens with one attached hydrogen (secondary N) is 3. The molecule has 2 aromatic rings. The Bertz CT molecular complexity index is 823. The predicted octanol–water partition coefficient (Wildman–Crippen LogP) is 2.49. The second-order valence-electron chi connectivity index (χ2n) is 6.54. The third-order valence-corrected chi connectivity index (χ3v) is 4.21. The van der Waals surface area contributed by atoms with E-state index in [9.17, 15) is 14.4 Å². The fourth-order valence-corrected chi connectivity index (χ4v) is 2.39. The maximum absolute atomic E-state index is 12.3. The van der Waals surface area contributed by atoms with Gasteiger partial charge in [-0.2, -0.15) is 0 Å². The van der Waals surface area contributed by atoms with Crippen molar-refractivity contribution in [1.82, 2.24) is 15.3 Å². The number of rotatable bonds is 7. The van der Waals surface area contributed by atoms with E-state index in [0.717, 1.165) is 17.8 Å². The number of imide groups is 1. The Balaban J connectivity index is 1.84. The minimum absolute atomic E-state index is 0.0217. The maximum Gasteiger partial charge on any atom is 0.321 e. The van der Waals surface area contributed by atoms with Crippen LogP contribution in [0.2, 0.25) is 0 Å². The quantitative estimate of drug-likeness (QED) is 0.680. The van der Waals surface area contributed by atoms with E-state index in [0.29, 0.717) is 11.3 Å². The Labute approximate surface area is 164 Å². The van der Waals surface area contributed by atoms with Crippen LogP contribution in [0.5, 0.6) is 5.75 Å². The zero-order valence-electron chi connectivity index (χ0n) is 16.5. The molecule has 0 aliphatic carbocycles. The van der Waals surface area contributed by atoms with Crippen molar-refractivity contribution in [2.75, 3.05) is 12.0 Å². The largest absolute Gasteiger partial charge is 0.484 e. The van der Waals surface area contributed by atoms with Gasteiger partial charge in [0.05, 0.1) is 0 Å². The summed E-state index contributed by atoms with van der Waals surface area (Å²) in [7, 11) is 0. The second-order valence-corrected chi connectivity index (χ2v) is 6.54. The van der Waals surface area contributed by atoms with Crippen molar-refractivity contribution in [3.8, 4) is 5.75 Å². The van der Waals surface area contributed by atoms with E-state index in [1.807, 2.05) is 39.8 Å². The number of aromatic nitrogens is 1. The Hall–Kier alpha value is -3.29. The Kier molecular flexibility index (Phi) is 7.20. The molecule has 150 valence electrons. The summed E-state index contributed by atoms with van der Waals surface area (Å²) in [6.07, 6.45) is 0.765. The molecule has 0 radical (unpaired) electrons. The minimum Gasteiger partial charge on any atom is -0.484 e. The van der Waals surface area contributed by atoms with Gasteiger partial charge in [0.15, 0.2) is 6.61 Å². The Morgan fingerprint density at radius 1 is 1.04 bits per heavy atom. The van der Waals surface area contributed by atoms with Gasteiger partial charge in [0.2, 0.25) is 0 Å². The SMILES string of the molecule is CC[C@H](C)NC(=O)NC(=O)COc1ccc(C(=O)Nn2c(C)ccc2C)cc1. The van der Waals surface area contributed by atoms with Gasteiger partial charge in [-0.3, -0.25) is 25.0 Å². The molecule has 28 heavy (non-hydrogen) atoms. The van der Waals surface area contributed by atoms with Gasteiger partial charge < -0.3 is 10.1 Å². The zero-order chi connectivity index (χ0) is 20.7. The van der Waals surface area contributed by atoms with Gasteiger partial charge in [-0.1, -0.05) is 6.92 Å². The van der Waals surface area contributed by atoms with Crippen molar-refractivity contribution in [1.29, 1.82) is 0 Å². The number of carbonyl (C=O) groups excluding carboxylic acids is 3. The Morgan fingerprint density at radius 2 is 1.64 bits per heavy atom. The van der Waals surface area contributed by atoms with Crippen molar-refractivity contribution in [2.24, 2.45) is 0 Å². The summed E-state index contributed by atoms with van der Waals surface area (Å²) in [6.45, 7) is 7.27. The van der Waals surface area contributed by atoms with Crippen molar-refractivity contribution in [2.45, 2.75) is 40.2 Å². The molecule has 4 amide bonds. The molecular weight excluding hydrogens is 360 g/mol. The number of benzene rings is 1. The van der Waals surface area contributed by atoms with Gasteiger partial charge in [-0.25, -0.2) is 4.79 Å². The van der Waals surface area contributed by atoms with Crippen LogP contribution in [0.25, 0.3) is 0 Å². The van der Waals surface area contributed by atoms with Crippen LogP contribution in [0, 0.1) is 13.8 Å². The number of hydrogen-bond donors (Lipinski definition) is 3. The molecule has 0 spiro atoms. The van der Waals surface area contributed by atoms with E-state index in [-0.39, 0.29) is 18.6 Å². The first-order valence-electron chi connectivity index (χ1n) is 9.09. The first kappa shape index (κ1) is 21.0. The molecular formula is C20H26N4O4. The number of hydrogen-bond acceptors (Lipinski definition) is 4. The topological polar surface area (TPSA) is 101 Å². The summed E-state index contributed by atoms with van der Waals surface area (Å²) >= 11 is 0. The monoisotopic (exact) mass is 386 g/mol. The van der Waals surface area contributed by atoms with E-state index in [4.69, 9.17) is 4.74 Å². The number of amides is 4. The van der Waals surface area contributed by atoms with Crippen molar-refractivity contribution in [3.63, 3.8) is 0 Å². The molecule has 1 atom stereocenters. The molecule has 0 bridgehead atoms. The average molecular weight is 386 g/mol. The van der Waals surface area contributed by atoms with Crippen LogP contribution in [-0.2, 0) is 4.79 Å². The molecule has 8 heteroatoms. The zero-order valence-corrected chi connectivity index (χ0v) is 16.5. The molecule has 0 aliphatic rings. The molecule has 0 unspecified atom stereocenters. The molecule has 8 nitrogen and oxygen atoms in total. The highest BCUT2D eigenvalue weighted by Gasteiger charge is 2.12. The molecule has 2 rings (SSSR count). The van der Waals surface area contributed by atoms with Gasteiger partial charge in [0.25, 0.3) is 11.8 Å². The van der Waals surface area contributed by atoms with Crippen molar-refractivity contribution < 1.29 is 19.1 Å². The average Bonchev–Trinajstić information content (AvgIpc) is 2.98. The van der Waals surface area contributed by atoms with Crippen LogP contribution in [0.3, 0.4) is 0 Å². The van der Waals surface area contributed by atoms with Crippen LogP contribution in [0.15, 0.2) is 36.4 Å². The Morgan fingerprint density at radius 3 is 2.21 bits per heavy atom. The molecule has 0 aliphatic heterocycles. The van der Waals surface area contributed by atoms with Crippen LogP contribution in [0.4, 0.5) is 4.79 Å². The highest BCUT2D eigenvalue weighted by Crippen LogP contribution is 2.13. The molecule has 1 aromatic heterocycles. The van der Waals surface area contributed by atoms with Crippen LogP contribution < -0.4 is 20.8 Å². The van der Waals surface area contributed by atoms with E-state index >= 15 is 0 Å². The van der Waals surface area contributed by atoms with E-state index < -0.39 is 11.9 Å². The first-order valence-corrected chi connectivity index (χ1v) is 9.09. The number of carbonyl (C=O) groups is 3. The lowest BCUT2D eigenvalue weighted by Crippen LogP contribution is -2.44. The lowest BCUT2D eigenvalue weighted by atomic mass is 10.2. The standard InChI is InChI=1S/C20H26N4O4/c1-5-13(2)21-20(27)22-18(25)12-28-17-10-8-16(9-11-17)19(26)23-24-14(3)6-7-15(24)4/h6-11,13H,5,12H2,1-4H3,(H,23,26)(H2,21,22,25,27)/t13-/m0/s1. The van der Waals surface area contributed by atoms with Crippen LogP contribution >= 0.6 is 0 Å². The summed E-state index contributed by atoms with van der Waals surface area (Å²) in [5.41, 5.74) is 5.12. The summed E-state index contributed by atoms with van der Waals surface area (Å²) in [6, 6.07) is 9.66. The van der Waals surface area contributed by atoms with Crippen LogP contribution in [0.1, 0.15) is 42.0 Å². The van der Waals surface area contributed by atoms with Crippen molar-refractivity contribution in [3.05, 3.63) is 53.3 Å². The summed E-state index contributed by atoms with van der Waals surface area (Å²) < 4.78 is 7.06. The molecule has 3 N–H and O–H groups in total. The molecule has 0 fully saturated rings. The number of aryl methyl sites for hydroxylation is 2. The molecule has 0 saturated heterocycles. The minimum atomic E-state index is -0.554. The maximum atomic E-state index is 12.3.